The van der Waals surface area contributed by atoms with Crippen molar-refractivity contribution in [2.75, 3.05) is 0 Å². The van der Waals surface area contributed by atoms with E-state index in [0.717, 1.165) is 5.56 Å². The summed E-state index contributed by atoms with van der Waals surface area (Å²) in [5, 5.41) is 2.11. The summed E-state index contributed by atoms with van der Waals surface area (Å²) in [6.07, 6.45) is 0. The van der Waals surface area contributed by atoms with Crippen LogP contribution in [0.4, 0.5) is 0 Å². The number of nitrogens with zero attached hydrogens (tertiary/aromatic N) is 1. The van der Waals surface area contributed by atoms with Crippen molar-refractivity contribution >= 4 is 17.3 Å². The Morgan fingerprint density at radius 1 is 1.35 bits per heavy atom. The summed E-state index contributed by atoms with van der Waals surface area (Å²) in [5.41, 5.74) is 7.09. The first-order chi connectivity index (χ1) is 8.29. The molecular weight excluding hydrogens is 236 g/mol. The average molecular weight is 248 g/mol. The Morgan fingerprint density at radius 2 is 2.12 bits per heavy atom. The van der Waals surface area contributed by atoms with Crippen molar-refractivity contribution < 1.29 is 9.53 Å². The number of thiazole rings is 1. The minimum absolute atomic E-state index is 0.261. The third kappa shape index (κ3) is 3.12. The molecule has 1 aromatic heterocycles. The molecule has 17 heavy (non-hydrogen) atoms. The highest BCUT2D eigenvalue weighted by Crippen LogP contribution is 2.11. The maximum Gasteiger partial charge on any atom is 0.367 e. The summed E-state index contributed by atoms with van der Waals surface area (Å²) in [6.45, 7) is 0.597. The third-order valence-electron chi connectivity index (χ3n) is 2.15. The van der Waals surface area contributed by atoms with Gasteiger partial charge in [0.05, 0.1) is 5.69 Å². The minimum Gasteiger partial charge on any atom is -0.455 e. The van der Waals surface area contributed by atoms with Gasteiger partial charge in [-0.05, 0) is 5.56 Å². The Kier molecular flexibility index (Phi) is 3.85. The van der Waals surface area contributed by atoms with Crippen molar-refractivity contribution in [2.24, 2.45) is 5.73 Å². The first kappa shape index (κ1) is 11.8. The van der Waals surface area contributed by atoms with Crippen molar-refractivity contribution in [1.82, 2.24) is 4.98 Å². The maximum absolute atomic E-state index is 11.6. The fourth-order valence-electron chi connectivity index (χ4n) is 1.28. The van der Waals surface area contributed by atoms with Crippen molar-refractivity contribution in [3.05, 3.63) is 52.0 Å². The van der Waals surface area contributed by atoms with E-state index in [1.54, 1.807) is 5.38 Å². The summed E-state index contributed by atoms with van der Waals surface area (Å²) in [6, 6.07) is 9.53. The van der Waals surface area contributed by atoms with Crippen LogP contribution in [0.5, 0.6) is 0 Å². The van der Waals surface area contributed by atoms with Gasteiger partial charge < -0.3 is 10.5 Å². The van der Waals surface area contributed by atoms with E-state index in [1.165, 1.54) is 11.3 Å². The predicted molar refractivity (Wildman–Crippen MR) is 65.6 cm³/mol. The Bertz CT molecular complexity index is 496. The quantitative estimate of drug-likeness (QED) is 0.840. The number of rotatable bonds is 4. The number of ether oxygens (including phenoxy) is 1. The van der Waals surface area contributed by atoms with Gasteiger partial charge in [0.25, 0.3) is 0 Å². The first-order valence-corrected chi connectivity index (χ1v) is 6.03. The highest BCUT2D eigenvalue weighted by Gasteiger charge is 2.12. The fraction of sp³-hybridized carbons (Fsp3) is 0.167. The first-order valence-electron chi connectivity index (χ1n) is 5.15. The SMILES string of the molecule is NCc1csc(C(=O)OCc2ccccc2)n1. The van der Waals surface area contributed by atoms with Crippen LogP contribution >= 0.6 is 11.3 Å². The fourth-order valence-corrected chi connectivity index (χ4v) is 2.00. The van der Waals surface area contributed by atoms with Crippen molar-refractivity contribution in [1.29, 1.82) is 0 Å². The lowest BCUT2D eigenvalue weighted by Crippen LogP contribution is -2.05. The summed E-state index contributed by atoms with van der Waals surface area (Å²) in [7, 11) is 0. The van der Waals surface area contributed by atoms with Crippen LogP contribution in [0.1, 0.15) is 21.1 Å². The molecule has 0 amide bonds. The van der Waals surface area contributed by atoms with Gasteiger partial charge in [-0.1, -0.05) is 30.3 Å². The molecular formula is C12H12N2O2S. The van der Waals surface area contributed by atoms with Gasteiger partial charge >= 0.3 is 5.97 Å². The lowest BCUT2D eigenvalue weighted by molar-refractivity contribution is 0.0472. The molecule has 2 aromatic rings. The van der Waals surface area contributed by atoms with Crippen molar-refractivity contribution in [3.63, 3.8) is 0 Å². The number of aromatic nitrogens is 1. The standard InChI is InChI=1S/C12H12N2O2S/c13-6-10-8-17-11(14-10)12(15)16-7-9-4-2-1-3-5-9/h1-5,8H,6-7,13H2. The Hall–Kier alpha value is -1.72. The molecule has 0 bridgehead atoms. The van der Waals surface area contributed by atoms with Crippen molar-refractivity contribution in [2.45, 2.75) is 13.2 Å². The van der Waals surface area contributed by atoms with E-state index < -0.39 is 5.97 Å². The summed E-state index contributed by atoms with van der Waals surface area (Å²) in [4.78, 5) is 15.7. The van der Waals surface area contributed by atoms with E-state index >= 15 is 0 Å². The Labute approximate surface area is 103 Å². The zero-order valence-electron chi connectivity index (χ0n) is 9.13. The molecule has 0 saturated heterocycles. The van der Waals surface area contributed by atoms with Gasteiger partial charge in [0.1, 0.15) is 6.61 Å². The number of carbonyl (C=O) groups excluding carboxylic acids is 1. The van der Waals surface area contributed by atoms with E-state index in [1.807, 2.05) is 30.3 Å². The highest BCUT2D eigenvalue weighted by molar-refractivity contribution is 7.11. The van der Waals surface area contributed by atoms with Crippen LogP contribution in [0.25, 0.3) is 0 Å². The smallest absolute Gasteiger partial charge is 0.367 e. The van der Waals surface area contributed by atoms with Crippen LogP contribution in [0.15, 0.2) is 35.7 Å². The van der Waals surface area contributed by atoms with Gasteiger partial charge in [-0.2, -0.15) is 0 Å². The summed E-state index contributed by atoms with van der Waals surface area (Å²) in [5.74, 6) is -0.404. The van der Waals surface area contributed by atoms with Gasteiger partial charge in [-0.25, -0.2) is 9.78 Å². The molecule has 1 aromatic carbocycles. The van der Waals surface area contributed by atoms with E-state index in [0.29, 0.717) is 17.2 Å². The molecule has 4 nitrogen and oxygen atoms in total. The van der Waals surface area contributed by atoms with E-state index in [-0.39, 0.29) is 6.61 Å². The molecule has 0 atom stereocenters. The van der Waals surface area contributed by atoms with E-state index in [4.69, 9.17) is 10.5 Å². The summed E-state index contributed by atoms with van der Waals surface area (Å²) >= 11 is 1.25. The monoisotopic (exact) mass is 248 g/mol. The second kappa shape index (κ2) is 5.56. The molecule has 0 spiro atoms. The molecule has 0 unspecified atom stereocenters. The minimum atomic E-state index is -0.404. The van der Waals surface area contributed by atoms with Gasteiger partial charge in [0.15, 0.2) is 0 Å². The molecule has 2 rings (SSSR count). The van der Waals surface area contributed by atoms with Gasteiger partial charge in [-0.3, -0.25) is 0 Å². The maximum atomic E-state index is 11.6. The molecule has 2 N–H and O–H groups in total. The van der Waals surface area contributed by atoms with Crippen LogP contribution in [0, 0.1) is 0 Å². The molecule has 0 fully saturated rings. The topological polar surface area (TPSA) is 65.2 Å². The molecule has 5 heteroatoms. The Balaban J connectivity index is 1.93. The Morgan fingerprint density at radius 3 is 2.76 bits per heavy atom. The molecule has 0 saturated carbocycles. The zero-order valence-corrected chi connectivity index (χ0v) is 9.94. The van der Waals surface area contributed by atoms with Crippen LogP contribution in [0.2, 0.25) is 0 Å². The van der Waals surface area contributed by atoms with Gasteiger partial charge in [0, 0.05) is 11.9 Å². The number of hydrogen-bond donors (Lipinski definition) is 1. The highest BCUT2D eigenvalue weighted by atomic mass is 32.1. The molecule has 0 aliphatic carbocycles. The second-order valence-electron chi connectivity index (χ2n) is 3.41. The number of benzene rings is 1. The lowest BCUT2D eigenvalue weighted by atomic mass is 10.2. The molecule has 88 valence electrons. The number of esters is 1. The van der Waals surface area contributed by atoms with Crippen molar-refractivity contribution in [3.8, 4) is 0 Å². The molecule has 0 radical (unpaired) electrons. The van der Waals surface area contributed by atoms with E-state index in [9.17, 15) is 4.79 Å². The number of carbonyl (C=O) groups is 1. The van der Waals surface area contributed by atoms with Crippen LogP contribution in [0.3, 0.4) is 0 Å². The largest absolute Gasteiger partial charge is 0.455 e. The zero-order chi connectivity index (χ0) is 12.1. The normalized spacial score (nSPS) is 10.2. The molecule has 0 aliphatic rings. The average Bonchev–Trinajstić information content (AvgIpc) is 2.86. The van der Waals surface area contributed by atoms with Gasteiger partial charge in [-0.15, -0.1) is 11.3 Å². The van der Waals surface area contributed by atoms with E-state index in [2.05, 4.69) is 4.98 Å². The summed E-state index contributed by atoms with van der Waals surface area (Å²) < 4.78 is 5.14. The van der Waals surface area contributed by atoms with Crippen LogP contribution in [-0.2, 0) is 17.9 Å². The third-order valence-corrected chi connectivity index (χ3v) is 3.02. The van der Waals surface area contributed by atoms with Crippen LogP contribution < -0.4 is 5.73 Å². The lowest BCUT2D eigenvalue weighted by Gasteiger charge is -2.02. The van der Waals surface area contributed by atoms with Crippen LogP contribution in [-0.4, -0.2) is 11.0 Å². The van der Waals surface area contributed by atoms with Gasteiger partial charge in [0.2, 0.25) is 5.01 Å². The molecule has 0 aliphatic heterocycles. The second-order valence-corrected chi connectivity index (χ2v) is 4.27. The number of nitrogens with two attached hydrogens (primary N) is 1. The number of hydrogen-bond acceptors (Lipinski definition) is 5. The predicted octanol–water partition coefficient (Wildman–Crippen LogP) is 1.96. The molecule has 1 heterocycles.